The number of hydrogen-bond acceptors (Lipinski definition) is 8. The quantitative estimate of drug-likeness (QED) is 0.166. The Hall–Kier alpha value is -4.60. The van der Waals surface area contributed by atoms with Crippen molar-refractivity contribution in [2.45, 2.75) is 71.1 Å². The fourth-order valence-electron chi connectivity index (χ4n) is 4.76. The number of nitrogens with zero attached hydrogens (tertiary/aromatic N) is 2. The van der Waals surface area contributed by atoms with Crippen LogP contribution < -0.4 is 15.0 Å². The molecule has 4 rings (SSSR count). The first-order valence-corrected chi connectivity index (χ1v) is 14.9. The molecule has 2 aromatic carbocycles. The first-order chi connectivity index (χ1) is 21.1. The zero-order chi connectivity index (χ0) is 31.5. The molecular formula is C34H41N3O7. The molecule has 10 nitrogen and oxygen atoms in total. The zero-order valence-electron chi connectivity index (χ0n) is 25.8. The largest absolute Gasteiger partial charge is 0.494 e. The van der Waals surface area contributed by atoms with Crippen molar-refractivity contribution in [3.8, 4) is 5.75 Å². The Morgan fingerprint density at radius 2 is 1.73 bits per heavy atom. The molecule has 0 aliphatic carbocycles. The van der Waals surface area contributed by atoms with Gasteiger partial charge in [0.05, 0.1) is 13.7 Å². The van der Waals surface area contributed by atoms with E-state index >= 15 is 0 Å². The van der Waals surface area contributed by atoms with Crippen molar-refractivity contribution in [3.05, 3.63) is 89.1 Å². The minimum absolute atomic E-state index is 0.0969. The van der Waals surface area contributed by atoms with Crippen LogP contribution >= 0.6 is 0 Å². The minimum atomic E-state index is -0.898. The minimum Gasteiger partial charge on any atom is -0.494 e. The first kappa shape index (κ1) is 32.3. The molecule has 1 N–H and O–H groups in total. The lowest BCUT2D eigenvalue weighted by atomic mass is 10.0. The third kappa shape index (κ3) is 9.72. The second kappa shape index (κ2) is 15.2. The summed E-state index contributed by atoms with van der Waals surface area (Å²) in [5, 5.41) is 2.59. The molecule has 0 radical (unpaired) electrons. The van der Waals surface area contributed by atoms with E-state index in [1.807, 2.05) is 87.5 Å². The molecule has 1 aliphatic rings. The lowest BCUT2D eigenvalue weighted by Crippen LogP contribution is -2.43. The maximum atomic E-state index is 12.8. The molecule has 0 saturated carbocycles. The number of pyridine rings is 1. The second-order valence-electron chi connectivity index (χ2n) is 11.6. The van der Waals surface area contributed by atoms with Gasteiger partial charge < -0.3 is 24.3 Å². The molecule has 0 unspecified atom stereocenters. The predicted molar refractivity (Wildman–Crippen MR) is 166 cm³/mol. The highest BCUT2D eigenvalue weighted by Gasteiger charge is 2.28. The second-order valence-corrected chi connectivity index (χ2v) is 11.6. The number of amides is 2. The molecule has 0 saturated heterocycles. The number of ether oxygens (including phenoxy) is 4. The highest BCUT2D eigenvalue weighted by Crippen LogP contribution is 2.27. The van der Waals surface area contributed by atoms with Crippen molar-refractivity contribution in [3.63, 3.8) is 0 Å². The molecule has 10 heteroatoms. The third-order valence-corrected chi connectivity index (χ3v) is 6.91. The molecule has 1 atom stereocenters. The number of carbonyl (C=O) groups excluding carboxylic acids is 3. The summed E-state index contributed by atoms with van der Waals surface area (Å²) in [4.78, 5) is 43.8. The summed E-state index contributed by atoms with van der Waals surface area (Å²) in [5.74, 6) is 0.809. The summed E-state index contributed by atoms with van der Waals surface area (Å²) >= 11 is 0. The van der Waals surface area contributed by atoms with E-state index in [1.54, 1.807) is 4.90 Å². The van der Waals surface area contributed by atoms with Crippen LogP contribution in [0.4, 0.5) is 15.4 Å². The average molecular weight is 604 g/mol. The third-order valence-electron chi connectivity index (χ3n) is 6.91. The highest BCUT2D eigenvalue weighted by atomic mass is 16.6. The van der Waals surface area contributed by atoms with Crippen LogP contribution in [0.3, 0.4) is 0 Å². The van der Waals surface area contributed by atoms with Gasteiger partial charge in [-0.05, 0) is 81.3 Å². The molecule has 1 aliphatic heterocycles. The summed E-state index contributed by atoms with van der Waals surface area (Å²) in [6.45, 7) is 6.74. The number of alkyl carbamates (subject to hydrolysis) is 1. The summed E-state index contributed by atoms with van der Waals surface area (Å²) in [6, 6.07) is 19.8. The Bertz CT molecular complexity index is 1400. The SMILES string of the molecule is COC(=O)[C@H](Cc1ccc(OCCCc2ccc3c(n2)N(C(=O)OC(C)(C)C)CCC3)cc1)NC(=O)OCc1ccccc1. The van der Waals surface area contributed by atoms with Crippen LogP contribution in [-0.4, -0.2) is 55.0 Å². The molecule has 44 heavy (non-hydrogen) atoms. The number of methoxy groups -OCH3 is 1. The molecule has 3 aromatic rings. The molecule has 2 heterocycles. The van der Waals surface area contributed by atoms with Crippen LogP contribution in [0.25, 0.3) is 0 Å². The summed E-state index contributed by atoms with van der Waals surface area (Å²) in [7, 11) is 1.28. The number of rotatable bonds is 11. The Morgan fingerprint density at radius 3 is 2.43 bits per heavy atom. The predicted octanol–water partition coefficient (Wildman–Crippen LogP) is 5.79. The lowest BCUT2D eigenvalue weighted by Gasteiger charge is -2.31. The van der Waals surface area contributed by atoms with Crippen LogP contribution in [0, 0.1) is 0 Å². The van der Waals surface area contributed by atoms with Gasteiger partial charge >= 0.3 is 18.2 Å². The maximum Gasteiger partial charge on any atom is 0.416 e. The van der Waals surface area contributed by atoms with E-state index < -0.39 is 23.7 Å². The normalized spacial score (nSPS) is 13.3. The zero-order valence-corrected chi connectivity index (χ0v) is 25.8. The van der Waals surface area contributed by atoms with Gasteiger partial charge in [0, 0.05) is 18.7 Å². The summed E-state index contributed by atoms with van der Waals surface area (Å²) in [5.41, 5.74) is 3.04. The van der Waals surface area contributed by atoms with Crippen LogP contribution in [-0.2, 0) is 44.9 Å². The van der Waals surface area contributed by atoms with Crippen molar-refractivity contribution in [1.82, 2.24) is 10.3 Å². The van der Waals surface area contributed by atoms with Gasteiger partial charge in [-0.3, -0.25) is 4.90 Å². The Balaban J connectivity index is 1.25. The standard InChI is InChI=1S/C34H41N3O7/c1-34(2,3)44-33(40)37-20-8-12-26-16-17-27(35-30(26)37)13-9-21-42-28-18-14-24(15-19-28)22-29(31(38)41-4)36-32(39)43-23-25-10-6-5-7-11-25/h5-7,10-11,14-19,29H,8-9,12-13,20-23H2,1-4H3,(H,36,39)/t29-/m0/s1. The van der Waals surface area contributed by atoms with Crippen molar-refractivity contribution in [2.24, 2.45) is 0 Å². The Morgan fingerprint density at radius 1 is 0.977 bits per heavy atom. The number of aryl methyl sites for hydroxylation is 2. The van der Waals surface area contributed by atoms with Crippen LogP contribution in [0.5, 0.6) is 5.75 Å². The summed E-state index contributed by atoms with van der Waals surface area (Å²) < 4.78 is 21.6. The number of hydrogen-bond donors (Lipinski definition) is 1. The Labute approximate surface area is 258 Å². The van der Waals surface area contributed by atoms with Gasteiger partial charge in [0.15, 0.2) is 0 Å². The van der Waals surface area contributed by atoms with Gasteiger partial charge in [0.2, 0.25) is 0 Å². The smallest absolute Gasteiger partial charge is 0.416 e. The van der Waals surface area contributed by atoms with Gasteiger partial charge in [0.1, 0.15) is 29.8 Å². The molecule has 0 spiro atoms. The Kier molecular flexibility index (Phi) is 11.2. The monoisotopic (exact) mass is 603 g/mol. The van der Waals surface area contributed by atoms with Crippen molar-refractivity contribution in [1.29, 1.82) is 0 Å². The van der Waals surface area contributed by atoms with Crippen LogP contribution in [0.2, 0.25) is 0 Å². The van der Waals surface area contributed by atoms with Gasteiger partial charge in [-0.25, -0.2) is 19.4 Å². The van der Waals surface area contributed by atoms with E-state index in [-0.39, 0.29) is 19.1 Å². The first-order valence-electron chi connectivity index (χ1n) is 14.9. The van der Waals surface area contributed by atoms with E-state index in [0.29, 0.717) is 31.1 Å². The number of carbonyl (C=O) groups is 3. The number of aromatic nitrogens is 1. The molecule has 1 aromatic heterocycles. The van der Waals surface area contributed by atoms with Gasteiger partial charge in [0.25, 0.3) is 0 Å². The van der Waals surface area contributed by atoms with E-state index in [2.05, 4.69) is 5.32 Å². The van der Waals surface area contributed by atoms with Gasteiger partial charge in [-0.2, -0.15) is 0 Å². The van der Waals surface area contributed by atoms with Crippen molar-refractivity contribution >= 4 is 24.0 Å². The van der Waals surface area contributed by atoms with E-state index in [0.717, 1.165) is 41.6 Å². The maximum absolute atomic E-state index is 12.8. The topological polar surface area (TPSA) is 116 Å². The number of fused-ring (bicyclic) bond motifs is 1. The number of nitrogens with one attached hydrogen (secondary N) is 1. The van der Waals surface area contributed by atoms with Gasteiger partial charge in [-0.1, -0.05) is 48.5 Å². The highest BCUT2D eigenvalue weighted by molar-refractivity contribution is 5.88. The number of anilines is 1. The van der Waals surface area contributed by atoms with Crippen LogP contribution in [0.1, 0.15) is 56.0 Å². The van der Waals surface area contributed by atoms with E-state index in [1.165, 1.54) is 7.11 Å². The average Bonchev–Trinajstić information content (AvgIpc) is 3.01. The van der Waals surface area contributed by atoms with Gasteiger partial charge in [-0.15, -0.1) is 0 Å². The number of benzene rings is 2. The van der Waals surface area contributed by atoms with E-state index in [9.17, 15) is 14.4 Å². The number of esters is 1. The van der Waals surface area contributed by atoms with E-state index in [4.69, 9.17) is 23.9 Å². The summed E-state index contributed by atoms with van der Waals surface area (Å²) in [6.07, 6.45) is 2.36. The van der Waals surface area contributed by atoms with Crippen LogP contribution in [0.15, 0.2) is 66.7 Å². The fraction of sp³-hybridized carbons (Fsp3) is 0.412. The molecule has 234 valence electrons. The van der Waals surface area contributed by atoms with Crippen molar-refractivity contribution in [2.75, 3.05) is 25.2 Å². The molecular weight excluding hydrogens is 562 g/mol. The molecule has 0 bridgehead atoms. The molecule has 0 fully saturated rings. The molecule has 2 amide bonds. The van der Waals surface area contributed by atoms with Crippen molar-refractivity contribution < 1.29 is 33.3 Å². The fourth-order valence-corrected chi connectivity index (χ4v) is 4.76. The lowest BCUT2D eigenvalue weighted by molar-refractivity contribution is -0.143.